The number of hydrogen-bond acceptors (Lipinski definition) is 2. The van der Waals surface area contributed by atoms with Gasteiger partial charge in [0.15, 0.2) is 0 Å². The Balaban J connectivity index is 1.64. The van der Waals surface area contributed by atoms with Crippen LogP contribution in [0.15, 0.2) is 41.5 Å². The van der Waals surface area contributed by atoms with Gasteiger partial charge in [0, 0.05) is 17.7 Å². The number of carbonyl (C=O) groups is 1. The highest BCUT2D eigenvalue weighted by molar-refractivity contribution is 5.97. The predicted molar refractivity (Wildman–Crippen MR) is 131 cm³/mol. The number of hydrogen-bond donors (Lipinski definition) is 1. The first kappa shape index (κ1) is 24.0. The van der Waals surface area contributed by atoms with Crippen LogP contribution in [0.5, 0.6) is 0 Å². The van der Waals surface area contributed by atoms with Crippen molar-refractivity contribution in [2.75, 3.05) is 0 Å². The SMILES string of the molecule is CC1=C(C)[C@H](NC2CCCCCCCCCCC2)N([C@@H](C)CCc2ccccc2)C1=O. The van der Waals surface area contributed by atoms with E-state index in [1.165, 1.54) is 81.8 Å². The third-order valence-electron chi connectivity index (χ3n) is 7.50. The van der Waals surface area contributed by atoms with E-state index in [-0.39, 0.29) is 18.1 Å². The molecule has 1 aliphatic heterocycles. The largest absolute Gasteiger partial charge is 0.317 e. The Morgan fingerprint density at radius 1 is 0.903 bits per heavy atom. The summed E-state index contributed by atoms with van der Waals surface area (Å²) in [6.45, 7) is 6.39. The predicted octanol–water partition coefficient (Wildman–Crippen LogP) is 6.78. The van der Waals surface area contributed by atoms with Gasteiger partial charge in [0.2, 0.25) is 0 Å². The Morgan fingerprint density at radius 3 is 2.03 bits per heavy atom. The minimum atomic E-state index is 0.0659. The van der Waals surface area contributed by atoms with Gasteiger partial charge in [-0.15, -0.1) is 0 Å². The molecule has 1 saturated carbocycles. The summed E-state index contributed by atoms with van der Waals surface area (Å²) in [5.41, 5.74) is 3.52. The highest BCUT2D eigenvalue weighted by Crippen LogP contribution is 2.29. The molecular weight excluding hydrogens is 380 g/mol. The number of amides is 1. The molecule has 1 N–H and O–H groups in total. The Bertz CT molecular complexity index is 699. The highest BCUT2D eigenvalue weighted by atomic mass is 16.2. The molecule has 0 unspecified atom stereocenters. The molecule has 0 bridgehead atoms. The van der Waals surface area contributed by atoms with E-state index in [0.717, 1.165) is 18.4 Å². The molecule has 172 valence electrons. The average molecular weight is 425 g/mol. The van der Waals surface area contributed by atoms with Crippen molar-refractivity contribution >= 4 is 5.91 Å². The van der Waals surface area contributed by atoms with Crippen LogP contribution in [0.2, 0.25) is 0 Å². The molecule has 31 heavy (non-hydrogen) atoms. The number of benzene rings is 1. The summed E-state index contributed by atoms with van der Waals surface area (Å²) in [7, 11) is 0. The van der Waals surface area contributed by atoms with Gasteiger partial charge < -0.3 is 4.90 Å². The maximum absolute atomic E-state index is 13.2. The standard InChI is InChI=1S/C28H44N2O/c1-22(20-21-25-16-12-11-13-17-25)30-27(23(2)24(3)28(30)31)29-26-18-14-9-7-5-4-6-8-10-15-19-26/h11-13,16-17,22,26-27,29H,4-10,14-15,18-21H2,1-3H3/t22-,27+/m0/s1. The van der Waals surface area contributed by atoms with Crippen LogP contribution < -0.4 is 5.32 Å². The molecule has 1 fully saturated rings. The molecule has 2 atom stereocenters. The van der Waals surface area contributed by atoms with Gasteiger partial charge in [-0.3, -0.25) is 10.1 Å². The van der Waals surface area contributed by atoms with Crippen molar-refractivity contribution in [3.05, 3.63) is 47.0 Å². The second-order valence-corrected chi connectivity index (χ2v) is 9.92. The first-order chi connectivity index (χ1) is 15.1. The second kappa shape index (κ2) is 12.4. The molecule has 0 saturated heterocycles. The molecule has 0 spiro atoms. The van der Waals surface area contributed by atoms with Gasteiger partial charge in [-0.25, -0.2) is 0 Å². The molecule has 1 aliphatic carbocycles. The van der Waals surface area contributed by atoms with Crippen LogP contribution in [0.3, 0.4) is 0 Å². The van der Waals surface area contributed by atoms with Crippen molar-refractivity contribution in [2.24, 2.45) is 0 Å². The molecule has 2 aliphatic rings. The smallest absolute Gasteiger partial charge is 0.251 e. The van der Waals surface area contributed by atoms with Crippen molar-refractivity contribution in [3.8, 4) is 0 Å². The number of rotatable bonds is 6. The minimum absolute atomic E-state index is 0.0659. The first-order valence-corrected chi connectivity index (χ1v) is 12.9. The van der Waals surface area contributed by atoms with Crippen molar-refractivity contribution in [3.63, 3.8) is 0 Å². The lowest BCUT2D eigenvalue weighted by molar-refractivity contribution is -0.129. The fourth-order valence-electron chi connectivity index (χ4n) is 5.27. The summed E-state index contributed by atoms with van der Waals surface area (Å²) in [5, 5.41) is 3.96. The second-order valence-electron chi connectivity index (χ2n) is 9.92. The van der Waals surface area contributed by atoms with E-state index in [0.29, 0.717) is 6.04 Å². The molecule has 1 aromatic rings. The number of carbonyl (C=O) groups excluding carboxylic acids is 1. The van der Waals surface area contributed by atoms with E-state index < -0.39 is 0 Å². The topological polar surface area (TPSA) is 32.3 Å². The van der Waals surface area contributed by atoms with E-state index in [2.05, 4.69) is 54.4 Å². The third kappa shape index (κ3) is 6.94. The molecule has 1 amide bonds. The van der Waals surface area contributed by atoms with Crippen LogP contribution in [0, 0.1) is 0 Å². The summed E-state index contributed by atoms with van der Waals surface area (Å²) >= 11 is 0. The van der Waals surface area contributed by atoms with Crippen LogP contribution in [0.25, 0.3) is 0 Å². The van der Waals surface area contributed by atoms with E-state index in [1.807, 2.05) is 6.92 Å². The van der Waals surface area contributed by atoms with Crippen molar-refractivity contribution in [1.82, 2.24) is 10.2 Å². The molecule has 3 nitrogen and oxygen atoms in total. The van der Waals surface area contributed by atoms with Crippen LogP contribution in [-0.2, 0) is 11.2 Å². The van der Waals surface area contributed by atoms with E-state index >= 15 is 0 Å². The van der Waals surface area contributed by atoms with Crippen molar-refractivity contribution in [1.29, 1.82) is 0 Å². The van der Waals surface area contributed by atoms with Crippen LogP contribution in [-0.4, -0.2) is 29.1 Å². The van der Waals surface area contributed by atoms with Gasteiger partial charge in [-0.1, -0.05) is 88.1 Å². The van der Waals surface area contributed by atoms with Crippen LogP contribution in [0.1, 0.15) is 103 Å². The molecule has 0 radical (unpaired) electrons. The average Bonchev–Trinajstić information content (AvgIpc) is 2.98. The highest BCUT2D eigenvalue weighted by Gasteiger charge is 2.38. The van der Waals surface area contributed by atoms with Gasteiger partial charge in [0.05, 0.1) is 0 Å². The Hall–Kier alpha value is -1.61. The van der Waals surface area contributed by atoms with Crippen LogP contribution >= 0.6 is 0 Å². The van der Waals surface area contributed by atoms with E-state index in [1.54, 1.807) is 0 Å². The minimum Gasteiger partial charge on any atom is -0.317 e. The molecular formula is C28H44N2O. The number of nitrogens with one attached hydrogen (secondary N) is 1. The zero-order valence-electron chi connectivity index (χ0n) is 20.2. The summed E-state index contributed by atoms with van der Waals surface area (Å²) in [6.07, 6.45) is 16.9. The first-order valence-electron chi connectivity index (χ1n) is 12.9. The van der Waals surface area contributed by atoms with Crippen LogP contribution in [0.4, 0.5) is 0 Å². The molecule has 1 aromatic carbocycles. The summed E-state index contributed by atoms with van der Waals surface area (Å²) in [5.74, 6) is 0.226. The fourth-order valence-corrected chi connectivity index (χ4v) is 5.27. The van der Waals surface area contributed by atoms with Crippen molar-refractivity contribution in [2.45, 2.75) is 122 Å². The van der Waals surface area contributed by atoms with Gasteiger partial charge in [-0.05, 0) is 57.6 Å². The lowest BCUT2D eigenvalue weighted by Crippen LogP contribution is -2.52. The Kier molecular flexibility index (Phi) is 9.64. The summed E-state index contributed by atoms with van der Waals surface area (Å²) < 4.78 is 0. The number of nitrogens with zero attached hydrogens (tertiary/aromatic N) is 1. The van der Waals surface area contributed by atoms with E-state index in [4.69, 9.17) is 0 Å². The maximum atomic E-state index is 13.2. The molecule has 1 heterocycles. The summed E-state index contributed by atoms with van der Waals surface area (Å²) in [4.78, 5) is 15.3. The molecule has 3 heteroatoms. The Labute approximate surface area is 190 Å². The number of aryl methyl sites for hydroxylation is 1. The maximum Gasteiger partial charge on any atom is 0.251 e. The zero-order chi connectivity index (χ0) is 22.1. The van der Waals surface area contributed by atoms with Gasteiger partial charge >= 0.3 is 0 Å². The lowest BCUT2D eigenvalue weighted by Gasteiger charge is -2.36. The normalized spacial score (nSPS) is 23.5. The Morgan fingerprint density at radius 2 is 1.45 bits per heavy atom. The van der Waals surface area contributed by atoms with E-state index in [9.17, 15) is 4.79 Å². The third-order valence-corrected chi connectivity index (χ3v) is 7.50. The molecule has 0 aromatic heterocycles. The monoisotopic (exact) mass is 424 g/mol. The van der Waals surface area contributed by atoms with Crippen molar-refractivity contribution < 1.29 is 4.79 Å². The summed E-state index contributed by atoms with van der Waals surface area (Å²) in [6, 6.07) is 11.4. The van der Waals surface area contributed by atoms with Gasteiger partial charge in [0.1, 0.15) is 6.17 Å². The fraction of sp³-hybridized carbons (Fsp3) is 0.679. The quantitative estimate of drug-likeness (QED) is 0.546. The lowest BCUT2D eigenvalue weighted by atomic mass is 9.97. The van der Waals surface area contributed by atoms with Gasteiger partial charge in [-0.2, -0.15) is 0 Å². The van der Waals surface area contributed by atoms with Gasteiger partial charge in [0.25, 0.3) is 5.91 Å². The molecule has 3 rings (SSSR count). The zero-order valence-corrected chi connectivity index (χ0v) is 20.2.